The van der Waals surface area contributed by atoms with E-state index in [1.807, 2.05) is 56.3 Å². The molecule has 0 aliphatic rings. The molecule has 2 aromatic carbocycles. The van der Waals surface area contributed by atoms with Crippen LogP contribution in [0.5, 0.6) is 11.5 Å². The molecule has 0 bridgehead atoms. The minimum Gasteiger partial charge on any atom is -0.497 e. The highest BCUT2D eigenvalue weighted by Gasteiger charge is 2.27. The van der Waals surface area contributed by atoms with Crippen LogP contribution in [-0.2, 0) is 22.6 Å². The van der Waals surface area contributed by atoms with Gasteiger partial charge in [0.15, 0.2) is 0 Å². The third-order valence-electron chi connectivity index (χ3n) is 4.73. The van der Waals surface area contributed by atoms with Crippen LogP contribution >= 0.6 is 0 Å². The quantitative estimate of drug-likeness (QED) is 0.705. The van der Waals surface area contributed by atoms with E-state index in [9.17, 15) is 9.59 Å². The zero-order chi connectivity index (χ0) is 21.4. The summed E-state index contributed by atoms with van der Waals surface area (Å²) in [6, 6.07) is 14.4. The van der Waals surface area contributed by atoms with E-state index in [1.165, 1.54) is 0 Å². The summed E-state index contributed by atoms with van der Waals surface area (Å²) < 4.78 is 10.6. The number of likely N-dealkylation sites (N-methyl/N-ethyl adjacent to an activating group) is 1. The summed E-state index contributed by atoms with van der Waals surface area (Å²) >= 11 is 0. The first kappa shape index (κ1) is 22.3. The lowest BCUT2D eigenvalue weighted by Gasteiger charge is -2.27. The fourth-order valence-corrected chi connectivity index (χ4v) is 3.07. The first-order valence-electron chi connectivity index (χ1n) is 9.64. The molecule has 0 aromatic heterocycles. The summed E-state index contributed by atoms with van der Waals surface area (Å²) in [6.07, 6.45) is 0.243. The molecular formula is C23H30N2O4. The van der Waals surface area contributed by atoms with Crippen LogP contribution in [0.25, 0.3) is 0 Å². The molecule has 0 spiro atoms. The van der Waals surface area contributed by atoms with Crippen molar-refractivity contribution in [3.05, 3.63) is 59.7 Å². The van der Waals surface area contributed by atoms with Crippen molar-refractivity contribution < 1.29 is 19.1 Å². The Labute approximate surface area is 172 Å². The molecule has 0 saturated heterocycles. The van der Waals surface area contributed by atoms with Crippen molar-refractivity contribution in [1.29, 1.82) is 0 Å². The van der Waals surface area contributed by atoms with Crippen molar-refractivity contribution in [3.63, 3.8) is 0 Å². The van der Waals surface area contributed by atoms with Gasteiger partial charge in [0.05, 0.1) is 20.6 Å². The maximum absolute atomic E-state index is 13.0. The van der Waals surface area contributed by atoms with Crippen molar-refractivity contribution in [2.24, 2.45) is 5.92 Å². The molecule has 6 heteroatoms. The van der Waals surface area contributed by atoms with Crippen molar-refractivity contribution in [3.8, 4) is 11.5 Å². The molecule has 0 heterocycles. The minimum atomic E-state index is -0.597. The van der Waals surface area contributed by atoms with Crippen molar-refractivity contribution >= 4 is 11.8 Å². The molecule has 1 unspecified atom stereocenters. The lowest BCUT2D eigenvalue weighted by molar-refractivity contribution is -0.136. The predicted octanol–water partition coefficient (Wildman–Crippen LogP) is 3.05. The molecule has 0 aliphatic carbocycles. The smallest absolute Gasteiger partial charge is 0.245 e. The van der Waals surface area contributed by atoms with Gasteiger partial charge in [-0.1, -0.05) is 44.2 Å². The van der Waals surface area contributed by atoms with Gasteiger partial charge in [-0.15, -0.1) is 0 Å². The Hall–Kier alpha value is -3.02. The van der Waals surface area contributed by atoms with Crippen LogP contribution in [0.4, 0.5) is 0 Å². The second-order valence-corrected chi connectivity index (χ2v) is 7.32. The lowest BCUT2D eigenvalue weighted by atomic mass is 10.0. The van der Waals surface area contributed by atoms with Gasteiger partial charge < -0.3 is 19.7 Å². The molecule has 29 heavy (non-hydrogen) atoms. The second-order valence-electron chi connectivity index (χ2n) is 7.32. The van der Waals surface area contributed by atoms with Gasteiger partial charge in [0.1, 0.15) is 17.5 Å². The van der Waals surface area contributed by atoms with Crippen LogP contribution in [0.2, 0.25) is 0 Å². The normalized spacial score (nSPS) is 11.7. The molecular weight excluding hydrogens is 368 g/mol. The Kier molecular flexibility index (Phi) is 8.07. The summed E-state index contributed by atoms with van der Waals surface area (Å²) in [7, 11) is 4.90. The number of rotatable bonds is 9. The van der Waals surface area contributed by atoms with E-state index in [-0.39, 0.29) is 24.2 Å². The Morgan fingerprint density at radius 2 is 1.72 bits per heavy atom. The van der Waals surface area contributed by atoms with Crippen LogP contribution < -0.4 is 14.8 Å². The molecule has 2 aromatic rings. The number of hydrogen-bond acceptors (Lipinski definition) is 4. The van der Waals surface area contributed by atoms with E-state index in [0.717, 1.165) is 11.1 Å². The predicted molar refractivity (Wildman–Crippen MR) is 113 cm³/mol. The minimum absolute atomic E-state index is 0.0394. The number of carbonyl (C=O) groups is 2. The largest absolute Gasteiger partial charge is 0.497 e. The van der Waals surface area contributed by atoms with Gasteiger partial charge in [-0.05, 0) is 23.6 Å². The van der Waals surface area contributed by atoms with Gasteiger partial charge in [-0.25, -0.2) is 0 Å². The van der Waals surface area contributed by atoms with E-state index < -0.39 is 6.04 Å². The molecule has 6 nitrogen and oxygen atoms in total. The van der Waals surface area contributed by atoms with Crippen LogP contribution in [0.3, 0.4) is 0 Å². The summed E-state index contributed by atoms with van der Waals surface area (Å²) in [5.74, 6) is 0.992. The van der Waals surface area contributed by atoms with Gasteiger partial charge in [-0.2, -0.15) is 0 Å². The van der Waals surface area contributed by atoms with Crippen molar-refractivity contribution in [2.45, 2.75) is 32.9 Å². The number of ether oxygens (including phenoxy) is 2. The molecule has 156 valence electrons. The second kappa shape index (κ2) is 10.5. The Morgan fingerprint density at radius 1 is 1.03 bits per heavy atom. The summed E-state index contributed by atoms with van der Waals surface area (Å²) in [6.45, 7) is 4.21. The van der Waals surface area contributed by atoms with E-state index in [4.69, 9.17) is 9.47 Å². The summed E-state index contributed by atoms with van der Waals surface area (Å²) in [5, 5.41) is 2.90. The highest BCUT2D eigenvalue weighted by molar-refractivity contribution is 5.88. The highest BCUT2D eigenvalue weighted by atomic mass is 16.5. The molecule has 0 aliphatic heterocycles. The number of nitrogens with one attached hydrogen (secondary N) is 1. The average molecular weight is 399 g/mol. The number of carbonyl (C=O) groups excluding carboxylic acids is 2. The first-order chi connectivity index (χ1) is 13.8. The fourth-order valence-electron chi connectivity index (χ4n) is 3.07. The number of methoxy groups -OCH3 is 2. The number of hydrogen-bond donors (Lipinski definition) is 1. The lowest BCUT2D eigenvalue weighted by Crippen LogP contribution is -2.50. The highest BCUT2D eigenvalue weighted by Crippen LogP contribution is 2.25. The van der Waals surface area contributed by atoms with Gasteiger partial charge in [0, 0.05) is 25.2 Å². The van der Waals surface area contributed by atoms with E-state index in [0.29, 0.717) is 18.0 Å². The zero-order valence-corrected chi connectivity index (χ0v) is 17.8. The Bertz CT molecular complexity index is 821. The Balaban J connectivity index is 2.07. The van der Waals surface area contributed by atoms with Crippen LogP contribution in [0.1, 0.15) is 25.0 Å². The first-order valence-corrected chi connectivity index (χ1v) is 9.64. The molecule has 2 amide bonds. The van der Waals surface area contributed by atoms with E-state index >= 15 is 0 Å². The van der Waals surface area contributed by atoms with Gasteiger partial charge >= 0.3 is 0 Å². The van der Waals surface area contributed by atoms with Crippen LogP contribution in [-0.4, -0.2) is 44.0 Å². The molecule has 1 N–H and O–H groups in total. The molecule has 0 fully saturated rings. The maximum atomic E-state index is 13.0. The Morgan fingerprint density at radius 3 is 2.31 bits per heavy atom. The average Bonchev–Trinajstić information content (AvgIpc) is 2.72. The molecule has 2 rings (SSSR count). The summed E-state index contributed by atoms with van der Waals surface area (Å²) in [4.78, 5) is 27.1. The molecule has 1 atom stereocenters. The molecule has 0 saturated carbocycles. The number of amides is 2. The van der Waals surface area contributed by atoms with Crippen LogP contribution in [0.15, 0.2) is 48.5 Å². The zero-order valence-electron chi connectivity index (χ0n) is 17.8. The number of nitrogens with zero attached hydrogens (tertiary/aromatic N) is 1. The van der Waals surface area contributed by atoms with Gasteiger partial charge in [-0.3, -0.25) is 9.59 Å². The topological polar surface area (TPSA) is 67.9 Å². The van der Waals surface area contributed by atoms with Gasteiger partial charge in [0.25, 0.3) is 0 Å². The van der Waals surface area contributed by atoms with E-state index in [1.54, 1.807) is 32.2 Å². The van der Waals surface area contributed by atoms with Gasteiger partial charge in [0.2, 0.25) is 11.8 Å². The van der Waals surface area contributed by atoms with E-state index in [2.05, 4.69) is 5.32 Å². The SMILES string of the molecule is COc1ccc(CN(C)C(=O)C(NC(=O)Cc2ccccc2)C(C)C)c(OC)c1. The van der Waals surface area contributed by atoms with Crippen LogP contribution in [0, 0.1) is 5.92 Å². The molecule has 0 radical (unpaired) electrons. The van der Waals surface area contributed by atoms with Crippen molar-refractivity contribution in [1.82, 2.24) is 10.2 Å². The standard InChI is InChI=1S/C23H30N2O4/c1-16(2)22(24-21(26)13-17-9-7-6-8-10-17)23(27)25(3)15-18-11-12-19(28-4)14-20(18)29-5/h6-12,14,16,22H,13,15H2,1-5H3,(H,24,26). The monoisotopic (exact) mass is 398 g/mol. The number of benzene rings is 2. The summed E-state index contributed by atoms with van der Waals surface area (Å²) in [5.41, 5.74) is 1.78. The third-order valence-corrected chi connectivity index (χ3v) is 4.73. The third kappa shape index (κ3) is 6.24. The maximum Gasteiger partial charge on any atom is 0.245 e. The van der Waals surface area contributed by atoms with Crippen molar-refractivity contribution in [2.75, 3.05) is 21.3 Å². The fraction of sp³-hybridized carbons (Fsp3) is 0.391.